The van der Waals surface area contributed by atoms with Gasteiger partial charge in [-0.3, -0.25) is 10.3 Å². The SMILES string of the molecule is C=CCSC(=NCCCC)NC(=O)N(C)C. The van der Waals surface area contributed by atoms with Crippen LogP contribution in [0, 0.1) is 0 Å². The zero-order valence-corrected chi connectivity index (χ0v) is 11.1. The van der Waals surface area contributed by atoms with Gasteiger partial charge in [-0.05, 0) is 6.42 Å². The number of unbranched alkanes of at least 4 members (excludes halogenated alkanes) is 1. The molecule has 0 aliphatic carbocycles. The quantitative estimate of drug-likeness (QED) is 0.348. The number of carbonyl (C=O) groups excluding carboxylic acids is 1. The first-order valence-electron chi connectivity index (χ1n) is 5.38. The second-order valence-electron chi connectivity index (χ2n) is 3.46. The van der Waals surface area contributed by atoms with Gasteiger partial charge < -0.3 is 4.90 Å². The molecule has 5 heteroatoms. The lowest BCUT2D eigenvalue weighted by Gasteiger charge is -2.13. The fraction of sp³-hybridized carbons (Fsp3) is 0.636. The highest BCUT2D eigenvalue weighted by molar-refractivity contribution is 8.14. The van der Waals surface area contributed by atoms with Gasteiger partial charge in [-0.25, -0.2) is 4.79 Å². The molecule has 0 fully saturated rings. The van der Waals surface area contributed by atoms with Gasteiger partial charge in [0.2, 0.25) is 0 Å². The topological polar surface area (TPSA) is 44.7 Å². The Balaban J connectivity index is 4.23. The second kappa shape index (κ2) is 9.27. The van der Waals surface area contributed by atoms with Crippen LogP contribution in [0.1, 0.15) is 19.8 Å². The van der Waals surface area contributed by atoms with Gasteiger partial charge in [0.05, 0.1) is 0 Å². The smallest absolute Gasteiger partial charge is 0.322 e. The lowest BCUT2D eigenvalue weighted by molar-refractivity contribution is 0.222. The Morgan fingerprint density at radius 2 is 2.25 bits per heavy atom. The molecule has 2 amide bonds. The number of thioether (sulfide) groups is 1. The van der Waals surface area contributed by atoms with Crippen LogP contribution in [0.5, 0.6) is 0 Å². The van der Waals surface area contributed by atoms with Crippen LogP contribution in [0.25, 0.3) is 0 Å². The molecule has 0 aromatic carbocycles. The van der Waals surface area contributed by atoms with Gasteiger partial charge in [-0.1, -0.05) is 31.2 Å². The summed E-state index contributed by atoms with van der Waals surface area (Å²) in [6, 6.07) is -0.146. The van der Waals surface area contributed by atoms with Crippen LogP contribution < -0.4 is 5.32 Å². The minimum atomic E-state index is -0.146. The van der Waals surface area contributed by atoms with E-state index in [0.29, 0.717) is 5.17 Å². The van der Waals surface area contributed by atoms with E-state index >= 15 is 0 Å². The molecule has 0 heterocycles. The summed E-state index contributed by atoms with van der Waals surface area (Å²) in [7, 11) is 3.41. The molecule has 4 nitrogen and oxygen atoms in total. The maximum Gasteiger partial charge on any atom is 0.322 e. The Morgan fingerprint density at radius 3 is 2.75 bits per heavy atom. The molecule has 1 N–H and O–H groups in total. The first-order valence-corrected chi connectivity index (χ1v) is 6.36. The van der Waals surface area contributed by atoms with Crippen LogP contribution in [0.3, 0.4) is 0 Å². The molecule has 0 unspecified atom stereocenters. The summed E-state index contributed by atoms with van der Waals surface area (Å²) >= 11 is 1.49. The van der Waals surface area contributed by atoms with Crippen molar-refractivity contribution >= 4 is 23.0 Å². The molecule has 16 heavy (non-hydrogen) atoms. The van der Waals surface area contributed by atoms with Gasteiger partial charge in [0.25, 0.3) is 0 Å². The number of nitrogens with zero attached hydrogens (tertiary/aromatic N) is 2. The molecular formula is C11H21N3OS. The number of hydrogen-bond acceptors (Lipinski definition) is 3. The van der Waals surface area contributed by atoms with Crippen molar-refractivity contribution in [2.24, 2.45) is 4.99 Å². The number of aliphatic imine (C=N–C) groups is 1. The third kappa shape index (κ3) is 7.34. The largest absolute Gasteiger partial charge is 0.331 e. The molecule has 0 spiro atoms. The number of nitrogens with one attached hydrogen (secondary N) is 1. The van der Waals surface area contributed by atoms with Crippen molar-refractivity contribution < 1.29 is 4.79 Å². The summed E-state index contributed by atoms with van der Waals surface area (Å²) < 4.78 is 0. The van der Waals surface area contributed by atoms with Crippen LogP contribution >= 0.6 is 11.8 Å². The average Bonchev–Trinajstić information content (AvgIpc) is 2.25. The number of amidine groups is 1. The van der Waals surface area contributed by atoms with Gasteiger partial charge in [-0.2, -0.15) is 0 Å². The third-order valence-electron chi connectivity index (χ3n) is 1.73. The monoisotopic (exact) mass is 243 g/mol. The van der Waals surface area contributed by atoms with Crippen LogP contribution in [-0.4, -0.2) is 42.5 Å². The highest BCUT2D eigenvalue weighted by Gasteiger charge is 2.07. The van der Waals surface area contributed by atoms with Crippen molar-refractivity contribution in [2.75, 3.05) is 26.4 Å². The number of urea groups is 1. The van der Waals surface area contributed by atoms with Crippen molar-refractivity contribution in [3.8, 4) is 0 Å². The number of hydrogen-bond donors (Lipinski definition) is 1. The van der Waals surface area contributed by atoms with Crippen LogP contribution in [0.15, 0.2) is 17.6 Å². The fourth-order valence-corrected chi connectivity index (χ4v) is 1.42. The predicted octanol–water partition coefficient (Wildman–Crippen LogP) is 2.33. The molecule has 0 radical (unpaired) electrons. The molecule has 0 aromatic rings. The summed E-state index contributed by atoms with van der Waals surface area (Å²) in [5.41, 5.74) is 0. The van der Waals surface area contributed by atoms with Gasteiger partial charge in [0, 0.05) is 26.4 Å². The standard InChI is InChI=1S/C11H21N3OS/c1-5-7-8-12-10(16-9-6-2)13-11(15)14(3)4/h6H,2,5,7-9H2,1,3-4H3,(H,12,13,15). The molecule has 0 saturated carbocycles. The van der Waals surface area contributed by atoms with Crippen LogP contribution in [0.2, 0.25) is 0 Å². The molecule has 92 valence electrons. The summed E-state index contributed by atoms with van der Waals surface area (Å²) in [5.74, 6) is 0.749. The molecule has 0 saturated heterocycles. The van der Waals surface area contributed by atoms with Gasteiger partial charge >= 0.3 is 6.03 Å². The molecule has 0 bridgehead atoms. The van der Waals surface area contributed by atoms with E-state index in [1.165, 1.54) is 16.7 Å². The van der Waals surface area contributed by atoms with E-state index in [4.69, 9.17) is 0 Å². The molecule has 0 aliphatic rings. The lowest BCUT2D eigenvalue weighted by atomic mass is 10.3. The fourth-order valence-electron chi connectivity index (χ4n) is 0.801. The Bertz CT molecular complexity index is 252. The zero-order valence-electron chi connectivity index (χ0n) is 10.3. The highest BCUT2D eigenvalue weighted by atomic mass is 32.2. The van der Waals surface area contributed by atoms with E-state index in [0.717, 1.165) is 25.1 Å². The van der Waals surface area contributed by atoms with Crippen molar-refractivity contribution in [1.82, 2.24) is 10.2 Å². The van der Waals surface area contributed by atoms with Crippen molar-refractivity contribution in [1.29, 1.82) is 0 Å². The van der Waals surface area contributed by atoms with E-state index in [-0.39, 0.29) is 6.03 Å². The zero-order chi connectivity index (χ0) is 12.4. The van der Waals surface area contributed by atoms with Gasteiger partial charge in [0.1, 0.15) is 0 Å². The average molecular weight is 243 g/mol. The van der Waals surface area contributed by atoms with Crippen molar-refractivity contribution in [2.45, 2.75) is 19.8 Å². The Kier molecular flexibility index (Phi) is 8.71. The van der Waals surface area contributed by atoms with E-state index in [1.54, 1.807) is 20.2 Å². The molecule has 0 aliphatic heterocycles. The van der Waals surface area contributed by atoms with E-state index in [9.17, 15) is 4.79 Å². The highest BCUT2D eigenvalue weighted by Crippen LogP contribution is 2.03. The Labute approximate surface area is 102 Å². The number of carbonyl (C=O) groups is 1. The van der Waals surface area contributed by atoms with Crippen LogP contribution in [-0.2, 0) is 0 Å². The number of rotatable bonds is 5. The van der Waals surface area contributed by atoms with E-state index in [2.05, 4.69) is 23.8 Å². The van der Waals surface area contributed by atoms with Crippen molar-refractivity contribution in [3.05, 3.63) is 12.7 Å². The minimum Gasteiger partial charge on any atom is -0.331 e. The first kappa shape index (κ1) is 15.0. The predicted molar refractivity (Wildman–Crippen MR) is 72.1 cm³/mol. The summed E-state index contributed by atoms with van der Waals surface area (Å²) in [4.78, 5) is 17.3. The molecule has 0 aromatic heterocycles. The minimum absolute atomic E-state index is 0.146. The maximum atomic E-state index is 11.4. The van der Waals surface area contributed by atoms with Crippen LogP contribution in [0.4, 0.5) is 4.79 Å². The Morgan fingerprint density at radius 1 is 1.56 bits per heavy atom. The first-order chi connectivity index (χ1) is 7.61. The number of amides is 2. The lowest BCUT2D eigenvalue weighted by Crippen LogP contribution is -2.37. The third-order valence-corrected chi connectivity index (χ3v) is 2.63. The normalized spacial score (nSPS) is 11.1. The molecular weight excluding hydrogens is 222 g/mol. The second-order valence-corrected chi connectivity index (χ2v) is 4.47. The molecule has 0 atom stereocenters. The maximum absolute atomic E-state index is 11.4. The molecule has 0 rings (SSSR count). The van der Waals surface area contributed by atoms with Gasteiger partial charge in [-0.15, -0.1) is 6.58 Å². The Hall–Kier alpha value is -0.970. The van der Waals surface area contributed by atoms with E-state index < -0.39 is 0 Å². The van der Waals surface area contributed by atoms with Crippen molar-refractivity contribution in [3.63, 3.8) is 0 Å². The van der Waals surface area contributed by atoms with E-state index in [1.807, 2.05) is 0 Å². The summed E-state index contributed by atoms with van der Waals surface area (Å²) in [6.07, 6.45) is 3.93. The summed E-state index contributed by atoms with van der Waals surface area (Å²) in [5, 5.41) is 3.44. The summed E-state index contributed by atoms with van der Waals surface area (Å²) in [6.45, 7) is 6.51. The van der Waals surface area contributed by atoms with Gasteiger partial charge in [0.15, 0.2) is 5.17 Å².